The van der Waals surface area contributed by atoms with E-state index in [1.54, 1.807) is 7.11 Å². The lowest BCUT2D eigenvalue weighted by molar-refractivity contribution is 0.173. The second-order valence-electron chi connectivity index (χ2n) is 6.87. The molecule has 2 aromatic rings. The Morgan fingerprint density at radius 1 is 0.931 bits per heavy atom. The molecule has 0 atom stereocenters. The number of carbonyl (C=O) groups is 1. The van der Waals surface area contributed by atoms with E-state index in [2.05, 4.69) is 10.6 Å². The van der Waals surface area contributed by atoms with Crippen molar-refractivity contribution in [2.24, 2.45) is 0 Å². The Morgan fingerprint density at radius 3 is 2.03 bits per heavy atom. The molecule has 0 unspecified atom stereocenters. The topological polar surface area (TPSA) is 87.3 Å². The molecule has 2 aliphatic heterocycles. The van der Waals surface area contributed by atoms with Gasteiger partial charge in [0.2, 0.25) is 13.6 Å². The zero-order chi connectivity index (χ0) is 20.1. The first kappa shape index (κ1) is 19.2. The number of hydrogen-bond donors (Lipinski definition) is 2. The molecule has 8 nitrogen and oxygen atoms in total. The van der Waals surface area contributed by atoms with Crippen LogP contribution in [0.2, 0.25) is 0 Å². The summed E-state index contributed by atoms with van der Waals surface area (Å²) in [5, 5.41) is 5.86. The minimum absolute atomic E-state index is 0.127. The summed E-state index contributed by atoms with van der Waals surface area (Å²) in [7, 11) is 1.60. The zero-order valence-electron chi connectivity index (χ0n) is 16.2. The zero-order valence-corrected chi connectivity index (χ0v) is 16.2. The molecule has 0 saturated heterocycles. The van der Waals surface area contributed by atoms with Gasteiger partial charge in [0.25, 0.3) is 0 Å². The van der Waals surface area contributed by atoms with E-state index in [9.17, 15) is 4.79 Å². The number of rotatable bonds is 8. The van der Waals surface area contributed by atoms with E-state index in [4.69, 9.17) is 23.7 Å². The van der Waals surface area contributed by atoms with Crippen molar-refractivity contribution in [1.82, 2.24) is 10.6 Å². The number of carbonyl (C=O) groups excluding carboxylic acids is 1. The number of hydrogen-bond acceptors (Lipinski definition) is 6. The lowest BCUT2D eigenvalue weighted by atomic mass is 9.98. The van der Waals surface area contributed by atoms with E-state index in [-0.39, 0.29) is 25.7 Å². The summed E-state index contributed by atoms with van der Waals surface area (Å²) in [6.07, 6.45) is 1.28. The summed E-state index contributed by atoms with van der Waals surface area (Å²) < 4.78 is 26.7. The number of benzene rings is 2. The molecule has 2 heterocycles. The van der Waals surface area contributed by atoms with Crippen molar-refractivity contribution in [1.29, 1.82) is 0 Å². The summed E-state index contributed by atoms with van der Waals surface area (Å²) in [6, 6.07) is 11.3. The molecule has 29 heavy (non-hydrogen) atoms. The van der Waals surface area contributed by atoms with Gasteiger partial charge in [0.05, 0.1) is 6.61 Å². The number of ether oxygens (including phenoxy) is 5. The summed E-state index contributed by atoms with van der Waals surface area (Å²) in [5.41, 5.74) is 2.11. The van der Waals surface area contributed by atoms with Crippen molar-refractivity contribution in [3.63, 3.8) is 0 Å². The first-order chi connectivity index (χ1) is 14.2. The molecule has 2 aromatic carbocycles. The van der Waals surface area contributed by atoms with Crippen LogP contribution in [0, 0.1) is 0 Å². The van der Waals surface area contributed by atoms with E-state index in [1.807, 2.05) is 36.4 Å². The first-order valence-electron chi connectivity index (χ1n) is 9.51. The van der Waals surface area contributed by atoms with Gasteiger partial charge in [-0.05, 0) is 48.2 Å². The minimum atomic E-state index is -0.228. The van der Waals surface area contributed by atoms with Crippen molar-refractivity contribution in [2.75, 3.05) is 33.8 Å². The molecule has 0 aliphatic carbocycles. The summed E-state index contributed by atoms with van der Waals surface area (Å²) in [4.78, 5) is 12.3. The van der Waals surface area contributed by atoms with Gasteiger partial charge in [0.15, 0.2) is 23.0 Å². The Balaban J connectivity index is 1.46. The SMILES string of the molecule is COCCNC(=O)NC(Cc1ccc2c(c1)OCO2)Cc1ccc2c(c1)OCO2. The Hall–Kier alpha value is -3.13. The Bertz CT molecular complexity index is 813. The summed E-state index contributed by atoms with van der Waals surface area (Å²) in [5.74, 6) is 2.94. The molecule has 0 saturated carbocycles. The van der Waals surface area contributed by atoms with Crippen molar-refractivity contribution < 1.29 is 28.5 Å². The van der Waals surface area contributed by atoms with Crippen LogP contribution in [0.5, 0.6) is 23.0 Å². The van der Waals surface area contributed by atoms with Gasteiger partial charge in [-0.15, -0.1) is 0 Å². The Morgan fingerprint density at radius 2 is 1.48 bits per heavy atom. The predicted molar refractivity (Wildman–Crippen MR) is 105 cm³/mol. The van der Waals surface area contributed by atoms with Crippen LogP contribution in [0.1, 0.15) is 11.1 Å². The minimum Gasteiger partial charge on any atom is -0.454 e. The molecule has 0 aromatic heterocycles. The van der Waals surface area contributed by atoms with Gasteiger partial charge in [-0.2, -0.15) is 0 Å². The standard InChI is InChI=1S/C21H24N2O6/c1-25-7-6-22-21(24)23-16(8-14-2-4-17-19(10-14)28-12-26-17)9-15-3-5-18-20(11-15)29-13-27-18/h2-5,10-11,16H,6-9,12-13H2,1H3,(H2,22,23,24). The van der Waals surface area contributed by atoms with Gasteiger partial charge in [0.1, 0.15) is 0 Å². The average molecular weight is 400 g/mol. The monoisotopic (exact) mass is 400 g/mol. The first-order valence-corrected chi connectivity index (χ1v) is 9.51. The van der Waals surface area contributed by atoms with Gasteiger partial charge in [-0.25, -0.2) is 4.79 Å². The number of fused-ring (bicyclic) bond motifs is 2. The molecular weight excluding hydrogens is 376 g/mol. The fraction of sp³-hybridized carbons (Fsp3) is 0.381. The number of urea groups is 1. The summed E-state index contributed by atoms with van der Waals surface area (Å²) in [6.45, 7) is 1.38. The number of amides is 2. The molecule has 2 N–H and O–H groups in total. The van der Waals surface area contributed by atoms with E-state index < -0.39 is 0 Å². The number of nitrogens with one attached hydrogen (secondary N) is 2. The third kappa shape index (κ3) is 4.83. The molecule has 2 amide bonds. The third-order valence-electron chi connectivity index (χ3n) is 4.77. The van der Waals surface area contributed by atoms with Gasteiger partial charge in [-0.1, -0.05) is 12.1 Å². The quantitative estimate of drug-likeness (QED) is 0.661. The predicted octanol–water partition coefficient (Wildman–Crippen LogP) is 2.24. The highest BCUT2D eigenvalue weighted by molar-refractivity contribution is 5.74. The second-order valence-corrected chi connectivity index (χ2v) is 6.87. The van der Waals surface area contributed by atoms with Crippen molar-refractivity contribution in [3.8, 4) is 23.0 Å². The van der Waals surface area contributed by atoms with Crippen LogP contribution in [0.15, 0.2) is 36.4 Å². The van der Waals surface area contributed by atoms with E-state index in [0.29, 0.717) is 26.0 Å². The molecule has 0 bridgehead atoms. The largest absolute Gasteiger partial charge is 0.454 e. The van der Waals surface area contributed by atoms with Gasteiger partial charge in [0, 0.05) is 19.7 Å². The maximum Gasteiger partial charge on any atom is 0.315 e. The van der Waals surface area contributed by atoms with Crippen LogP contribution in [-0.4, -0.2) is 45.9 Å². The number of methoxy groups -OCH3 is 1. The van der Waals surface area contributed by atoms with Crippen molar-refractivity contribution >= 4 is 6.03 Å². The van der Waals surface area contributed by atoms with Crippen LogP contribution in [0.3, 0.4) is 0 Å². The highest BCUT2D eigenvalue weighted by Crippen LogP contribution is 2.34. The summed E-state index contributed by atoms with van der Waals surface area (Å²) >= 11 is 0. The lowest BCUT2D eigenvalue weighted by Gasteiger charge is -2.20. The van der Waals surface area contributed by atoms with Crippen molar-refractivity contribution in [2.45, 2.75) is 18.9 Å². The van der Waals surface area contributed by atoms with Crippen LogP contribution in [-0.2, 0) is 17.6 Å². The smallest absolute Gasteiger partial charge is 0.315 e. The van der Waals surface area contributed by atoms with Gasteiger partial charge < -0.3 is 34.3 Å². The fourth-order valence-corrected chi connectivity index (χ4v) is 3.38. The molecule has 0 radical (unpaired) electrons. The van der Waals surface area contributed by atoms with Gasteiger partial charge >= 0.3 is 6.03 Å². The highest BCUT2D eigenvalue weighted by Gasteiger charge is 2.19. The maximum absolute atomic E-state index is 12.3. The Labute approximate surface area is 169 Å². The Kier molecular flexibility index (Phi) is 5.90. The molecule has 0 spiro atoms. The lowest BCUT2D eigenvalue weighted by Crippen LogP contribution is -2.45. The van der Waals surface area contributed by atoms with Crippen LogP contribution >= 0.6 is 0 Å². The molecule has 154 valence electrons. The highest BCUT2D eigenvalue weighted by atomic mass is 16.7. The second kappa shape index (κ2) is 8.91. The molecule has 4 rings (SSSR count). The van der Waals surface area contributed by atoms with E-state index in [1.165, 1.54) is 0 Å². The third-order valence-corrected chi connectivity index (χ3v) is 4.77. The van der Waals surface area contributed by atoms with Crippen LogP contribution in [0.4, 0.5) is 4.79 Å². The molecular formula is C21H24N2O6. The van der Waals surface area contributed by atoms with Crippen molar-refractivity contribution in [3.05, 3.63) is 47.5 Å². The molecule has 2 aliphatic rings. The normalized spacial score (nSPS) is 13.6. The maximum atomic E-state index is 12.3. The van der Waals surface area contributed by atoms with E-state index in [0.717, 1.165) is 34.1 Å². The fourth-order valence-electron chi connectivity index (χ4n) is 3.38. The van der Waals surface area contributed by atoms with E-state index >= 15 is 0 Å². The molecule has 0 fully saturated rings. The average Bonchev–Trinajstić information content (AvgIpc) is 3.36. The van der Waals surface area contributed by atoms with Crippen LogP contribution < -0.4 is 29.6 Å². The molecule has 8 heteroatoms. The van der Waals surface area contributed by atoms with Gasteiger partial charge in [-0.3, -0.25) is 0 Å². The van der Waals surface area contributed by atoms with Crippen LogP contribution in [0.25, 0.3) is 0 Å².